The molecule has 23 heavy (non-hydrogen) atoms. The third kappa shape index (κ3) is 2.72. The second-order valence-corrected chi connectivity index (χ2v) is 6.74. The van der Waals surface area contributed by atoms with Gasteiger partial charge in [0.25, 0.3) is 0 Å². The molecule has 2 N–H and O–H groups in total. The van der Waals surface area contributed by atoms with Crippen LogP contribution in [0.15, 0.2) is 36.4 Å². The molecule has 4 nitrogen and oxygen atoms in total. The predicted molar refractivity (Wildman–Crippen MR) is 89.7 cm³/mol. The van der Waals surface area contributed by atoms with Gasteiger partial charge in [0.2, 0.25) is 0 Å². The fraction of sp³-hybridized carbons (Fsp3) is 0.263. The van der Waals surface area contributed by atoms with Crippen molar-refractivity contribution in [3.05, 3.63) is 58.7 Å². The zero-order valence-electron chi connectivity index (χ0n) is 13.4. The maximum absolute atomic E-state index is 12.3. The summed E-state index contributed by atoms with van der Waals surface area (Å²) in [6, 6.07) is 10.8. The molecular weight excluding hydrogens is 290 g/mol. The highest BCUT2D eigenvalue weighted by molar-refractivity contribution is 6.05. The number of ketones is 1. The van der Waals surface area contributed by atoms with E-state index < -0.39 is 5.97 Å². The number of hydrogen-bond donors (Lipinski definition) is 2. The predicted octanol–water partition coefficient (Wildman–Crippen LogP) is 4.20. The van der Waals surface area contributed by atoms with Gasteiger partial charge >= 0.3 is 5.97 Å². The molecule has 118 valence electrons. The molecule has 0 radical (unpaired) electrons. The lowest BCUT2D eigenvalue weighted by molar-refractivity contribution is 0.0697. The van der Waals surface area contributed by atoms with Gasteiger partial charge in [-0.1, -0.05) is 19.9 Å². The van der Waals surface area contributed by atoms with Gasteiger partial charge in [0.05, 0.1) is 11.3 Å². The monoisotopic (exact) mass is 309 g/mol. The van der Waals surface area contributed by atoms with Gasteiger partial charge in [0.15, 0.2) is 5.78 Å². The normalized spacial score (nSPS) is 15.3. The van der Waals surface area contributed by atoms with Gasteiger partial charge in [-0.2, -0.15) is 0 Å². The van der Waals surface area contributed by atoms with E-state index >= 15 is 0 Å². The van der Waals surface area contributed by atoms with E-state index in [1.165, 1.54) is 0 Å². The van der Waals surface area contributed by atoms with Crippen LogP contribution in [0.5, 0.6) is 0 Å². The Kier molecular flexibility index (Phi) is 3.48. The topological polar surface area (TPSA) is 66.4 Å². The number of carboxylic acid groups (broad SMARTS) is 1. The number of anilines is 2. The van der Waals surface area contributed by atoms with Gasteiger partial charge in [-0.05, 0) is 54.8 Å². The number of hydrogen-bond acceptors (Lipinski definition) is 3. The summed E-state index contributed by atoms with van der Waals surface area (Å²) in [5.41, 5.74) is 3.97. The number of carboxylic acids is 1. The highest BCUT2D eigenvalue weighted by Gasteiger charge is 2.37. The van der Waals surface area contributed by atoms with E-state index in [1.54, 1.807) is 12.1 Å². The molecule has 2 aromatic rings. The van der Waals surface area contributed by atoms with Crippen molar-refractivity contribution in [1.82, 2.24) is 0 Å². The maximum atomic E-state index is 12.3. The second kappa shape index (κ2) is 5.23. The lowest BCUT2D eigenvalue weighted by atomic mass is 9.89. The van der Waals surface area contributed by atoms with Crippen molar-refractivity contribution < 1.29 is 14.7 Å². The van der Waals surface area contributed by atoms with Crippen LogP contribution in [-0.4, -0.2) is 16.9 Å². The van der Waals surface area contributed by atoms with E-state index in [1.807, 2.05) is 45.0 Å². The number of fused-ring (bicyclic) bond motifs is 1. The summed E-state index contributed by atoms with van der Waals surface area (Å²) in [5.74, 6) is -0.800. The van der Waals surface area contributed by atoms with Gasteiger partial charge in [-0.15, -0.1) is 0 Å². The number of aromatic carboxylic acids is 1. The molecule has 0 spiro atoms. The summed E-state index contributed by atoms with van der Waals surface area (Å²) < 4.78 is 0. The van der Waals surface area contributed by atoms with Crippen LogP contribution in [0.1, 0.15) is 45.7 Å². The van der Waals surface area contributed by atoms with Crippen LogP contribution in [0.3, 0.4) is 0 Å². The number of carbonyl (C=O) groups is 2. The molecule has 1 aliphatic rings. The van der Waals surface area contributed by atoms with Crippen molar-refractivity contribution in [3.63, 3.8) is 0 Å². The molecule has 0 saturated heterocycles. The van der Waals surface area contributed by atoms with Crippen LogP contribution >= 0.6 is 0 Å². The number of carbonyl (C=O) groups excluding carboxylic acids is 1. The standard InChI is InChI=1S/C19H19NO3/c1-11-4-6-15(18(22)23)16(8-11)20-13-5-7-14-12(9-13)10-19(2,3)17(14)21/h4-9,20H,10H2,1-3H3,(H,22,23). The number of rotatable bonds is 3. The van der Waals surface area contributed by atoms with Crippen LogP contribution in [0.2, 0.25) is 0 Å². The van der Waals surface area contributed by atoms with E-state index in [0.29, 0.717) is 12.1 Å². The van der Waals surface area contributed by atoms with Gasteiger partial charge in [0, 0.05) is 16.7 Å². The number of benzene rings is 2. The summed E-state index contributed by atoms with van der Waals surface area (Å²) in [4.78, 5) is 23.6. The van der Waals surface area contributed by atoms with E-state index in [4.69, 9.17) is 0 Å². The fourth-order valence-corrected chi connectivity index (χ4v) is 3.06. The van der Waals surface area contributed by atoms with Crippen LogP contribution < -0.4 is 5.32 Å². The summed E-state index contributed by atoms with van der Waals surface area (Å²) in [7, 11) is 0. The lowest BCUT2D eigenvalue weighted by Gasteiger charge is -2.13. The molecule has 0 aromatic heterocycles. The lowest BCUT2D eigenvalue weighted by Crippen LogP contribution is -2.18. The molecule has 0 bridgehead atoms. The van der Waals surface area contributed by atoms with Crippen LogP contribution in [0, 0.1) is 12.3 Å². The molecule has 0 atom stereocenters. The maximum Gasteiger partial charge on any atom is 0.337 e. The smallest absolute Gasteiger partial charge is 0.337 e. The zero-order chi connectivity index (χ0) is 16.8. The third-order valence-electron chi connectivity index (χ3n) is 4.28. The average Bonchev–Trinajstić information content (AvgIpc) is 2.68. The van der Waals surface area contributed by atoms with E-state index in [-0.39, 0.29) is 16.8 Å². The minimum atomic E-state index is -0.968. The Morgan fingerprint density at radius 1 is 1.17 bits per heavy atom. The Morgan fingerprint density at radius 2 is 1.91 bits per heavy atom. The Bertz CT molecular complexity index is 821. The average molecular weight is 309 g/mol. The molecule has 0 heterocycles. The van der Waals surface area contributed by atoms with Gasteiger partial charge < -0.3 is 10.4 Å². The number of aryl methyl sites for hydroxylation is 1. The fourth-order valence-electron chi connectivity index (χ4n) is 3.06. The van der Waals surface area contributed by atoms with Crippen LogP contribution in [0.4, 0.5) is 11.4 Å². The van der Waals surface area contributed by atoms with E-state index in [2.05, 4.69) is 5.32 Å². The Hall–Kier alpha value is -2.62. The molecule has 0 amide bonds. The summed E-state index contributed by atoms with van der Waals surface area (Å²) >= 11 is 0. The molecule has 0 unspecified atom stereocenters. The van der Waals surface area contributed by atoms with Crippen LogP contribution in [0.25, 0.3) is 0 Å². The Balaban J connectivity index is 1.96. The first-order chi connectivity index (χ1) is 10.8. The largest absolute Gasteiger partial charge is 0.478 e. The van der Waals surface area contributed by atoms with Gasteiger partial charge in [-0.25, -0.2) is 4.79 Å². The summed E-state index contributed by atoms with van der Waals surface area (Å²) in [6.07, 6.45) is 0.705. The molecule has 0 fully saturated rings. The third-order valence-corrected chi connectivity index (χ3v) is 4.28. The summed E-state index contributed by atoms with van der Waals surface area (Å²) in [5, 5.41) is 12.5. The van der Waals surface area contributed by atoms with Crippen molar-refractivity contribution in [2.24, 2.45) is 5.41 Å². The molecule has 0 aliphatic heterocycles. The molecule has 1 aliphatic carbocycles. The SMILES string of the molecule is Cc1ccc(C(=O)O)c(Nc2ccc3c(c2)CC(C)(C)C3=O)c1. The van der Waals surface area contributed by atoms with Crippen LogP contribution in [-0.2, 0) is 6.42 Å². The van der Waals surface area contributed by atoms with Crippen molar-refractivity contribution in [1.29, 1.82) is 0 Å². The minimum Gasteiger partial charge on any atom is -0.478 e. The first kappa shape index (κ1) is 15.3. The molecule has 3 rings (SSSR count). The van der Waals surface area contributed by atoms with Crippen molar-refractivity contribution in [2.45, 2.75) is 27.2 Å². The minimum absolute atomic E-state index is 0.167. The summed E-state index contributed by atoms with van der Waals surface area (Å²) in [6.45, 7) is 5.82. The number of Topliss-reactive ketones (excluding diaryl/α,β-unsaturated/α-hetero) is 1. The Labute approximate surface area is 135 Å². The highest BCUT2D eigenvalue weighted by Crippen LogP contribution is 2.37. The van der Waals surface area contributed by atoms with E-state index in [9.17, 15) is 14.7 Å². The molecule has 0 saturated carbocycles. The van der Waals surface area contributed by atoms with Crippen molar-refractivity contribution >= 4 is 23.1 Å². The first-order valence-electron chi connectivity index (χ1n) is 7.57. The molecular formula is C19H19NO3. The quantitative estimate of drug-likeness (QED) is 0.891. The highest BCUT2D eigenvalue weighted by atomic mass is 16.4. The second-order valence-electron chi connectivity index (χ2n) is 6.74. The molecule has 2 aromatic carbocycles. The van der Waals surface area contributed by atoms with Gasteiger partial charge in [-0.3, -0.25) is 4.79 Å². The van der Waals surface area contributed by atoms with Crippen molar-refractivity contribution in [2.75, 3.05) is 5.32 Å². The van der Waals surface area contributed by atoms with E-state index in [0.717, 1.165) is 22.4 Å². The van der Waals surface area contributed by atoms with Gasteiger partial charge in [0.1, 0.15) is 0 Å². The first-order valence-corrected chi connectivity index (χ1v) is 7.57. The van der Waals surface area contributed by atoms with Crippen molar-refractivity contribution in [3.8, 4) is 0 Å². The zero-order valence-corrected chi connectivity index (χ0v) is 13.4. The Morgan fingerprint density at radius 3 is 2.61 bits per heavy atom. The number of nitrogens with one attached hydrogen (secondary N) is 1. The molecule has 4 heteroatoms.